The van der Waals surface area contributed by atoms with Crippen molar-refractivity contribution in [3.63, 3.8) is 0 Å². The molecule has 0 unspecified atom stereocenters. The lowest BCUT2D eigenvalue weighted by Crippen LogP contribution is -2.34. The number of aryl methyl sites for hydroxylation is 2. The number of nitrogens with zero attached hydrogens (tertiary/aromatic N) is 3. The molecule has 40 heavy (non-hydrogen) atoms. The van der Waals surface area contributed by atoms with Crippen LogP contribution in [0.4, 0.5) is 5.69 Å². The second-order valence-electron chi connectivity index (χ2n) is 10.4. The minimum atomic E-state index is -3.80. The van der Waals surface area contributed by atoms with Crippen molar-refractivity contribution in [3.05, 3.63) is 113 Å². The molecule has 0 saturated heterocycles. The zero-order valence-corrected chi connectivity index (χ0v) is 24.2. The highest BCUT2D eigenvalue weighted by Gasteiger charge is 2.28. The Labute approximate surface area is 240 Å². The molecule has 7 nitrogen and oxygen atoms in total. The van der Waals surface area contributed by atoms with E-state index in [4.69, 9.17) is 11.6 Å². The highest BCUT2D eigenvalue weighted by molar-refractivity contribution is 7.89. The van der Waals surface area contributed by atoms with Gasteiger partial charge < -0.3 is 9.47 Å². The Morgan fingerprint density at radius 2 is 1.93 bits per heavy atom. The summed E-state index contributed by atoms with van der Waals surface area (Å²) in [6, 6.07) is 21.8. The van der Waals surface area contributed by atoms with Gasteiger partial charge in [0.05, 0.1) is 11.4 Å². The minimum absolute atomic E-state index is 0.0221. The van der Waals surface area contributed by atoms with Crippen LogP contribution in [0.1, 0.15) is 60.7 Å². The maximum atomic E-state index is 13.8. The molecule has 1 aromatic heterocycles. The number of anilines is 1. The van der Waals surface area contributed by atoms with E-state index in [9.17, 15) is 13.2 Å². The highest BCUT2D eigenvalue weighted by atomic mass is 35.5. The van der Waals surface area contributed by atoms with E-state index in [1.54, 1.807) is 23.2 Å². The molecule has 0 spiro atoms. The fourth-order valence-corrected chi connectivity index (χ4v) is 6.80. The predicted octanol–water partition coefficient (Wildman–Crippen LogP) is 6.16. The van der Waals surface area contributed by atoms with E-state index >= 15 is 0 Å². The second kappa shape index (κ2) is 12.0. The standard InChI is InChI=1S/C31H33ClN4O3S/c1-22(23-8-4-3-5-9-23)18-31(37)36(21-30-33-16-17-35(30)2)26-15-14-24-10-6-13-29(28(24)20-26)34-40(38,39)27-12-7-11-25(32)19-27/h3-5,7-9,11-12,14-17,19-20,22,29,34H,6,10,13,18,21H2,1-2H3/t22-,29-/m1/s1. The lowest BCUT2D eigenvalue weighted by atomic mass is 9.87. The van der Waals surface area contributed by atoms with Crippen LogP contribution in [0.15, 0.2) is 90.1 Å². The third-order valence-corrected chi connectivity index (χ3v) is 9.23. The number of rotatable bonds is 9. The van der Waals surface area contributed by atoms with Gasteiger partial charge in [0, 0.05) is 42.6 Å². The van der Waals surface area contributed by atoms with Crippen molar-refractivity contribution in [3.8, 4) is 0 Å². The predicted molar refractivity (Wildman–Crippen MR) is 158 cm³/mol. The number of carbonyl (C=O) groups is 1. The first-order chi connectivity index (χ1) is 19.2. The summed E-state index contributed by atoms with van der Waals surface area (Å²) in [6.45, 7) is 2.36. The normalized spacial score (nSPS) is 15.8. The average molecular weight is 577 g/mol. The molecule has 1 aliphatic carbocycles. The lowest BCUT2D eigenvalue weighted by Gasteiger charge is -2.30. The summed E-state index contributed by atoms with van der Waals surface area (Å²) in [5.41, 5.74) is 3.80. The summed E-state index contributed by atoms with van der Waals surface area (Å²) in [5.74, 6) is 0.773. The van der Waals surface area contributed by atoms with Crippen LogP contribution in [-0.4, -0.2) is 23.9 Å². The Bertz CT molecular complexity index is 1600. The van der Waals surface area contributed by atoms with Gasteiger partial charge in [-0.1, -0.05) is 61.0 Å². The molecule has 5 rings (SSSR count). The van der Waals surface area contributed by atoms with Crippen molar-refractivity contribution in [1.29, 1.82) is 0 Å². The molecule has 0 aliphatic heterocycles. The Morgan fingerprint density at radius 3 is 2.65 bits per heavy atom. The number of imidazole rings is 1. The van der Waals surface area contributed by atoms with Gasteiger partial charge in [0.25, 0.3) is 0 Å². The minimum Gasteiger partial charge on any atom is -0.337 e. The second-order valence-corrected chi connectivity index (χ2v) is 12.5. The number of halogens is 1. The van der Waals surface area contributed by atoms with Crippen molar-refractivity contribution < 1.29 is 13.2 Å². The summed E-state index contributed by atoms with van der Waals surface area (Å²) in [7, 11) is -1.89. The lowest BCUT2D eigenvalue weighted by molar-refractivity contribution is -0.119. The number of benzene rings is 3. The van der Waals surface area contributed by atoms with Crippen molar-refractivity contribution in [2.45, 2.75) is 56.0 Å². The van der Waals surface area contributed by atoms with Gasteiger partial charge in [-0.05, 0) is 72.2 Å². The molecule has 1 N–H and O–H groups in total. The van der Waals surface area contributed by atoms with Gasteiger partial charge in [-0.25, -0.2) is 18.1 Å². The first-order valence-electron chi connectivity index (χ1n) is 13.4. The zero-order valence-electron chi connectivity index (χ0n) is 22.6. The maximum Gasteiger partial charge on any atom is 0.241 e. The number of sulfonamides is 1. The molecule has 0 bridgehead atoms. The molecule has 3 aromatic carbocycles. The molecule has 2 atom stereocenters. The van der Waals surface area contributed by atoms with Crippen molar-refractivity contribution >= 4 is 33.2 Å². The van der Waals surface area contributed by atoms with Gasteiger partial charge in [-0.2, -0.15) is 0 Å². The van der Waals surface area contributed by atoms with Crippen molar-refractivity contribution in [1.82, 2.24) is 14.3 Å². The summed E-state index contributed by atoms with van der Waals surface area (Å²) >= 11 is 6.07. The van der Waals surface area contributed by atoms with Crippen LogP contribution in [0.3, 0.4) is 0 Å². The molecule has 9 heteroatoms. The van der Waals surface area contributed by atoms with Crippen LogP contribution in [0.25, 0.3) is 0 Å². The smallest absolute Gasteiger partial charge is 0.241 e. The molecule has 4 aromatic rings. The van der Waals surface area contributed by atoms with E-state index in [1.807, 2.05) is 66.3 Å². The van der Waals surface area contributed by atoms with E-state index in [0.29, 0.717) is 24.4 Å². The molecule has 0 saturated carbocycles. The Hall–Kier alpha value is -3.46. The highest BCUT2D eigenvalue weighted by Crippen LogP contribution is 2.35. The maximum absolute atomic E-state index is 13.8. The number of hydrogen-bond acceptors (Lipinski definition) is 4. The topological polar surface area (TPSA) is 84.3 Å². The summed E-state index contributed by atoms with van der Waals surface area (Å²) in [5, 5.41) is 0.363. The number of aromatic nitrogens is 2. The molecule has 0 fully saturated rings. The van der Waals surface area contributed by atoms with E-state index in [-0.39, 0.29) is 16.7 Å². The van der Waals surface area contributed by atoms with Gasteiger partial charge in [0.15, 0.2) is 0 Å². The van der Waals surface area contributed by atoms with Crippen LogP contribution < -0.4 is 9.62 Å². The van der Waals surface area contributed by atoms with Crippen LogP contribution in [-0.2, 0) is 34.8 Å². The van der Waals surface area contributed by atoms with Gasteiger partial charge in [0.1, 0.15) is 5.82 Å². The van der Waals surface area contributed by atoms with Crippen LogP contribution in [0, 0.1) is 0 Å². The van der Waals surface area contributed by atoms with Gasteiger partial charge in [-0.3, -0.25) is 4.79 Å². The first-order valence-corrected chi connectivity index (χ1v) is 15.3. The monoisotopic (exact) mass is 576 g/mol. The molecular formula is C31H33ClN4O3S. The third-order valence-electron chi connectivity index (χ3n) is 7.53. The van der Waals surface area contributed by atoms with Crippen LogP contribution >= 0.6 is 11.6 Å². The van der Waals surface area contributed by atoms with Crippen molar-refractivity contribution in [2.24, 2.45) is 7.05 Å². The van der Waals surface area contributed by atoms with Crippen LogP contribution in [0.2, 0.25) is 5.02 Å². The summed E-state index contributed by atoms with van der Waals surface area (Å²) in [6.07, 6.45) is 6.28. The van der Waals surface area contributed by atoms with Crippen LogP contribution in [0.5, 0.6) is 0 Å². The molecule has 1 aliphatic rings. The summed E-state index contributed by atoms with van der Waals surface area (Å²) in [4.78, 5) is 20.2. The number of carbonyl (C=O) groups excluding carboxylic acids is 1. The molecule has 1 heterocycles. The van der Waals surface area contributed by atoms with E-state index < -0.39 is 16.1 Å². The number of nitrogens with one attached hydrogen (secondary N) is 1. The fourth-order valence-electron chi connectivity index (χ4n) is 5.25. The SMILES string of the molecule is C[C@H](CC(=O)N(Cc1nccn1C)c1ccc2c(c1)[C@H](NS(=O)(=O)c1cccc(Cl)c1)CCC2)c1ccccc1. The molecular weight excluding hydrogens is 544 g/mol. The number of fused-ring (bicyclic) bond motifs is 1. The van der Waals surface area contributed by atoms with Gasteiger partial charge in [-0.15, -0.1) is 0 Å². The first kappa shape index (κ1) is 28.1. The number of amides is 1. The number of hydrogen-bond donors (Lipinski definition) is 1. The molecule has 1 amide bonds. The van der Waals surface area contributed by atoms with E-state index in [1.165, 1.54) is 12.1 Å². The average Bonchev–Trinajstić information content (AvgIpc) is 3.36. The molecule has 208 valence electrons. The largest absolute Gasteiger partial charge is 0.337 e. The Kier molecular flexibility index (Phi) is 8.40. The van der Waals surface area contributed by atoms with Gasteiger partial charge >= 0.3 is 0 Å². The summed E-state index contributed by atoms with van der Waals surface area (Å²) < 4.78 is 31.3. The van der Waals surface area contributed by atoms with Gasteiger partial charge in [0.2, 0.25) is 15.9 Å². The fraction of sp³-hybridized carbons (Fsp3) is 0.290. The Morgan fingerprint density at radius 1 is 1.12 bits per heavy atom. The van der Waals surface area contributed by atoms with Crippen molar-refractivity contribution in [2.75, 3.05) is 4.90 Å². The quantitative estimate of drug-likeness (QED) is 0.259. The van der Waals surface area contributed by atoms with E-state index in [0.717, 1.165) is 41.0 Å². The molecule has 0 radical (unpaired) electrons. The third kappa shape index (κ3) is 6.30. The van der Waals surface area contributed by atoms with E-state index in [2.05, 4.69) is 16.6 Å². The zero-order chi connectivity index (χ0) is 28.3. The Balaban J connectivity index is 1.46.